The zero-order chi connectivity index (χ0) is 19.6. The van der Waals surface area contributed by atoms with Crippen LogP contribution in [0.4, 0.5) is 0 Å². The quantitative estimate of drug-likeness (QED) is 0.728. The highest BCUT2D eigenvalue weighted by Crippen LogP contribution is 2.24. The molecule has 1 amide bonds. The van der Waals surface area contributed by atoms with Crippen LogP contribution in [0.15, 0.2) is 43.0 Å². The molecule has 1 N–H and O–H groups in total. The molecule has 2 heterocycles. The van der Waals surface area contributed by atoms with E-state index in [9.17, 15) is 4.79 Å². The first-order valence-electron chi connectivity index (χ1n) is 8.31. The zero-order valence-corrected chi connectivity index (χ0v) is 16.3. The third-order valence-electron chi connectivity index (χ3n) is 4.08. The molecule has 0 aliphatic carbocycles. The monoisotopic (exact) mass is 385 g/mol. The highest BCUT2D eigenvalue weighted by molar-refractivity contribution is 6.30. The lowest BCUT2D eigenvalue weighted by Gasteiger charge is -2.27. The van der Waals surface area contributed by atoms with E-state index in [4.69, 9.17) is 16.3 Å². The van der Waals surface area contributed by atoms with E-state index in [2.05, 4.69) is 20.3 Å². The molecule has 0 aliphatic heterocycles. The average molecular weight is 386 g/mol. The van der Waals surface area contributed by atoms with Crippen molar-refractivity contribution in [1.82, 2.24) is 24.8 Å². The molecule has 8 heteroatoms. The van der Waals surface area contributed by atoms with Crippen LogP contribution in [0.3, 0.4) is 0 Å². The van der Waals surface area contributed by atoms with E-state index >= 15 is 0 Å². The predicted molar refractivity (Wildman–Crippen MR) is 102 cm³/mol. The van der Waals surface area contributed by atoms with Crippen molar-refractivity contribution in [3.05, 3.63) is 65.0 Å². The van der Waals surface area contributed by atoms with E-state index in [1.165, 1.54) is 13.3 Å². The fourth-order valence-corrected chi connectivity index (χ4v) is 2.81. The maximum absolute atomic E-state index is 12.7. The van der Waals surface area contributed by atoms with Crippen LogP contribution in [-0.2, 0) is 5.54 Å². The van der Waals surface area contributed by atoms with Crippen LogP contribution < -0.4 is 10.1 Å². The summed E-state index contributed by atoms with van der Waals surface area (Å²) in [5, 5.41) is 3.56. The van der Waals surface area contributed by atoms with Gasteiger partial charge in [-0.25, -0.2) is 15.0 Å². The number of carbonyl (C=O) groups is 1. The van der Waals surface area contributed by atoms with Gasteiger partial charge in [-0.1, -0.05) is 23.7 Å². The summed E-state index contributed by atoms with van der Waals surface area (Å²) in [7, 11) is 1.48. The lowest BCUT2D eigenvalue weighted by atomic mass is 9.94. The van der Waals surface area contributed by atoms with Crippen LogP contribution in [0.2, 0.25) is 5.02 Å². The molecule has 27 heavy (non-hydrogen) atoms. The number of benzene rings is 1. The summed E-state index contributed by atoms with van der Waals surface area (Å²) in [6.07, 6.45) is 4.83. The number of amides is 1. The normalized spacial score (nSPS) is 11.3. The molecule has 0 saturated heterocycles. The van der Waals surface area contributed by atoms with Gasteiger partial charge in [0.2, 0.25) is 5.82 Å². The number of imidazole rings is 1. The van der Waals surface area contributed by atoms with Crippen molar-refractivity contribution in [3.8, 4) is 11.7 Å². The fourth-order valence-electron chi connectivity index (χ4n) is 2.62. The van der Waals surface area contributed by atoms with Gasteiger partial charge in [-0.3, -0.25) is 9.36 Å². The van der Waals surface area contributed by atoms with Gasteiger partial charge in [0.15, 0.2) is 5.69 Å². The number of carbonyl (C=O) groups excluding carboxylic acids is 1. The Morgan fingerprint density at radius 1 is 1.30 bits per heavy atom. The summed E-state index contributed by atoms with van der Waals surface area (Å²) in [6.45, 7) is 5.66. The summed E-state index contributed by atoms with van der Waals surface area (Å²) in [5.41, 5.74) is 1.23. The van der Waals surface area contributed by atoms with Gasteiger partial charge in [-0.15, -0.1) is 0 Å². The van der Waals surface area contributed by atoms with Gasteiger partial charge in [-0.05, 0) is 38.5 Å². The molecule has 0 fully saturated rings. The van der Waals surface area contributed by atoms with E-state index in [1.807, 2.05) is 39.0 Å². The second-order valence-electron chi connectivity index (χ2n) is 6.60. The van der Waals surface area contributed by atoms with Gasteiger partial charge < -0.3 is 10.1 Å². The Kier molecular flexibility index (Phi) is 5.14. The highest BCUT2D eigenvalue weighted by atomic mass is 35.5. The van der Waals surface area contributed by atoms with Crippen molar-refractivity contribution in [1.29, 1.82) is 0 Å². The van der Waals surface area contributed by atoms with Gasteiger partial charge in [0.05, 0.1) is 24.5 Å². The van der Waals surface area contributed by atoms with Gasteiger partial charge in [-0.2, -0.15) is 0 Å². The number of nitrogens with zero attached hydrogens (tertiary/aromatic N) is 4. The second kappa shape index (κ2) is 7.36. The number of hydrogen-bond donors (Lipinski definition) is 1. The van der Waals surface area contributed by atoms with Crippen molar-refractivity contribution < 1.29 is 9.53 Å². The number of aromatic nitrogens is 4. The van der Waals surface area contributed by atoms with Crippen molar-refractivity contribution in [2.75, 3.05) is 7.11 Å². The van der Waals surface area contributed by atoms with Gasteiger partial charge in [0.1, 0.15) is 6.33 Å². The minimum absolute atomic E-state index is 0.155. The molecule has 0 radical (unpaired) electrons. The standard InChI is InChI=1S/C19H20ClN5O2/c1-12-10-25(11-22-12)16-18(27-4)23-15(9-21-16)17(26)24-19(2,3)13-6-5-7-14(20)8-13/h5-11H,1-4H3,(H,24,26). The number of rotatable bonds is 5. The Morgan fingerprint density at radius 3 is 2.70 bits per heavy atom. The largest absolute Gasteiger partial charge is 0.478 e. The number of nitrogens with one attached hydrogen (secondary N) is 1. The van der Waals surface area contributed by atoms with Crippen molar-refractivity contribution >= 4 is 17.5 Å². The molecule has 140 valence electrons. The molecule has 2 aromatic heterocycles. The number of ether oxygens (including phenoxy) is 1. The Labute approximate surface area is 162 Å². The summed E-state index contributed by atoms with van der Waals surface area (Å²) in [6, 6.07) is 7.35. The Balaban J connectivity index is 1.86. The van der Waals surface area contributed by atoms with E-state index in [0.717, 1.165) is 11.3 Å². The molecule has 0 atom stereocenters. The molecule has 3 rings (SSSR count). The SMILES string of the molecule is COc1nc(C(=O)NC(C)(C)c2cccc(Cl)c2)cnc1-n1cnc(C)c1. The van der Waals surface area contributed by atoms with Crippen LogP contribution in [0.5, 0.6) is 5.88 Å². The Hall–Kier alpha value is -2.93. The van der Waals surface area contributed by atoms with Gasteiger partial charge >= 0.3 is 0 Å². The Bertz CT molecular complexity index is 984. The maximum atomic E-state index is 12.7. The van der Waals surface area contributed by atoms with Crippen molar-refractivity contribution in [3.63, 3.8) is 0 Å². The summed E-state index contributed by atoms with van der Waals surface area (Å²) >= 11 is 6.06. The number of hydrogen-bond acceptors (Lipinski definition) is 5. The third kappa shape index (κ3) is 4.09. The highest BCUT2D eigenvalue weighted by Gasteiger charge is 2.25. The fraction of sp³-hybridized carbons (Fsp3) is 0.263. The zero-order valence-electron chi connectivity index (χ0n) is 15.5. The first-order chi connectivity index (χ1) is 12.8. The lowest BCUT2D eigenvalue weighted by Crippen LogP contribution is -2.41. The van der Waals surface area contributed by atoms with Crippen LogP contribution >= 0.6 is 11.6 Å². The predicted octanol–water partition coefficient (Wildman–Crippen LogP) is 3.30. The van der Waals surface area contributed by atoms with Crippen LogP contribution in [-0.4, -0.2) is 32.5 Å². The molecule has 7 nitrogen and oxygen atoms in total. The van der Waals surface area contributed by atoms with Crippen LogP contribution in [0, 0.1) is 6.92 Å². The summed E-state index contributed by atoms with van der Waals surface area (Å²) < 4.78 is 7.00. The van der Waals surface area contributed by atoms with Crippen molar-refractivity contribution in [2.24, 2.45) is 0 Å². The minimum Gasteiger partial charge on any atom is -0.478 e. The molecule has 1 aromatic carbocycles. The number of aryl methyl sites for hydroxylation is 1. The molecule has 0 spiro atoms. The topological polar surface area (TPSA) is 81.9 Å². The Morgan fingerprint density at radius 2 is 2.07 bits per heavy atom. The molecular formula is C19H20ClN5O2. The average Bonchev–Trinajstić information content (AvgIpc) is 3.07. The van der Waals surface area contributed by atoms with E-state index < -0.39 is 5.54 Å². The van der Waals surface area contributed by atoms with Crippen LogP contribution in [0.1, 0.15) is 35.6 Å². The third-order valence-corrected chi connectivity index (χ3v) is 4.31. The number of halogens is 1. The summed E-state index contributed by atoms with van der Waals surface area (Å²) in [4.78, 5) is 25.5. The first kappa shape index (κ1) is 18.8. The van der Waals surface area contributed by atoms with E-state index in [0.29, 0.717) is 10.8 Å². The number of methoxy groups -OCH3 is 1. The lowest BCUT2D eigenvalue weighted by molar-refractivity contribution is 0.0905. The minimum atomic E-state index is -0.642. The van der Waals surface area contributed by atoms with Crippen molar-refractivity contribution in [2.45, 2.75) is 26.3 Å². The smallest absolute Gasteiger partial charge is 0.272 e. The summed E-state index contributed by atoms with van der Waals surface area (Å²) in [5.74, 6) is 0.337. The van der Waals surface area contributed by atoms with E-state index in [1.54, 1.807) is 23.2 Å². The second-order valence-corrected chi connectivity index (χ2v) is 7.04. The molecule has 0 aliphatic rings. The van der Waals surface area contributed by atoms with Gasteiger partial charge in [0, 0.05) is 11.2 Å². The van der Waals surface area contributed by atoms with Gasteiger partial charge in [0.25, 0.3) is 11.8 Å². The maximum Gasteiger partial charge on any atom is 0.272 e. The van der Waals surface area contributed by atoms with Crippen LogP contribution in [0.25, 0.3) is 5.82 Å². The molecule has 0 unspecified atom stereocenters. The first-order valence-corrected chi connectivity index (χ1v) is 8.68. The molecule has 0 saturated carbocycles. The van der Waals surface area contributed by atoms with E-state index in [-0.39, 0.29) is 17.5 Å². The molecule has 0 bridgehead atoms. The molecule has 3 aromatic rings. The molecular weight excluding hydrogens is 366 g/mol.